The number of benzene rings is 2. The van der Waals surface area contributed by atoms with Crippen LogP contribution in [0.5, 0.6) is 0 Å². The Morgan fingerprint density at radius 3 is 1.57 bits per heavy atom. The van der Waals surface area contributed by atoms with Gasteiger partial charge in [0.1, 0.15) is 0 Å². The average Bonchev–Trinajstić information content (AvgIpc) is 3.22. The molecule has 3 aromatic heterocycles. The molecule has 2 aromatic carbocycles. The second-order valence-electron chi connectivity index (χ2n) is 8.09. The molecule has 2 bridgehead atoms. The van der Waals surface area contributed by atoms with Gasteiger partial charge in [-0.15, -0.1) is 0 Å². The SMILES string of the molecule is Cn1c2c(c3ccccc31)C/C=C\Cc1c(n(C)c3ccccc13)-c1cccc-2n1. The minimum Gasteiger partial charge on any atom is -0.342 e. The fourth-order valence-electron chi connectivity index (χ4n) is 5.11. The van der Waals surface area contributed by atoms with E-state index >= 15 is 0 Å². The molecule has 0 saturated heterocycles. The molecule has 0 spiro atoms. The average molecular weight is 390 g/mol. The molecule has 0 N–H and O–H groups in total. The monoisotopic (exact) mass is 389 g/mol. The first-order chi connectivity index (χ1) is 14.7. The maximum absolute atomic E-state index is 5.20. The highest BCUT2D eigenvalue weighted by atomic mass is 15.0. The molecule has 1 aliphatic heterocycles. The molecule has 146 valence electrons. The van der Waals surface area contributed by atoms with Gasteiger partial charge in [0, 0.05) is 35.9 Å². The summed E-state index contributed by atoms with van der Waals surface area (Å²) < 4.78 is 4.59. The van der Waals surface area contributed by atoms with Gasteiger partial charge < -0.3 is 9.13 Å². The molecule has 4 heterocycles. The van der Waals surface area contributed by atoms with Crippen molar-refractivity contribution < 1.29 is 0 Å². The van der Waals surface area contributed by atoms with E-state index in [1.807, 2.05) is 0 Å². The number of rotatable bonds is 0. The van der Waals surface area contributed by atoms with Crippen molar-refractivity contribution in [2.45, 2.75) is 12.8 Å². The lowest BCUT2D eigenvalue weighted by Crippen LogP contribution is -1.99. The van der Waals surface area contributed by atoms with Crippen molar-refractivity contribution >= 4 is 21.8 Å². The summed E-state index contributed by atoms with van der Waals surface area (Å²) in [5.41, 5.74) is 9.71. The number of fused-ring (bicyclic) bond motifs is 10. The summed E-state index contributed by atoms with van der Waals surface area (Å²) in [6.07, 6.45) is 6.46. The molecular formula is C27H23N3. The van der Waals surface area contributed by atoms with E-state index in [1.54, 1.807) is 0 Å². The van der Waals surface area contributed by atoms with E-state index < -0.39 is 0 Å². The van der Waals surface area contributed by atoms with Crippen LogP contribution in [0.25, 0.3) is 44.6 Å². The summed E-state index contributed by atoms with van der Waals surface area (Å²) in [6.45, 7) is 0. The van der Waals surface area contributed by atoms with Crippen LogP contribution in [0, 0.1) is 0 Å². The Hall–Kier alpha value is -3.59. The Bertz CT molecular complexity index is 1360. The Kier molecular flexibility index (Phi) is 3.72. The van der Waals surface area contributed by atoms with Crippen molar-refractivity contribution in [1.82, 2.24) is 14.1 Å². The zero-order valence-electron chi connectivity index (χ0n) is 17.3. The molecule has 0 aliphatic carbocycles. The number of hydrogen-bond acceptors (Lipinski definition) is 1. The summed E-state index contributed by atoms with van der Waals surface area (Å²) in [5.74, 6) is 0. The highest BCUT2D eigenvalue weighted by Crippen LogP contribution is 2.37. The van der Waals surface area contributed by atoms with E-state index in [2.05, 4.69) is 102 Å². The summed E-state index contributed by atoms with van der Waals surface area (Å²) in [4.78, 5) is 5.20. The second-order valence-corrected chi connectivity index (χ2v) is 8.09. The number of hydrogen-bond donors (Lipinski definition) is 0. The maximum Gasteiger partial charge on any atom is 0.0877 e. The molecule has 0 atom stereocenters. The number of nitrogens with zero attached hydrogens (tertiary/aromatic N) is 3. The molecule has 3 heteroatoms. The fourth-order valence-corrected chi connectivity index (χ4v) is 5.11. The molecule has 0 unspecified atom stereocenters. The van der Waals surface area contributed by atoms with Crippen LogP contribution in [-0.2, 0) is 26.9 Å². The van der Waals surface area contributed by atoms with Gasteiger partial charge in [-0.05, 0) is 48.2 Å². The van der Waals surface area contributed by atoms with Crippen molar-refractivity contribution in [3.8, 4) is 22.8 Å². The molecule has 0 saturated carbocycles. The topological polar surface area (TPSA) is 22.8 Å². The van der Waals surface area contributed by atoms with Crippen LogP contribution in [-0.4, -0.2) is 14.1 Å². The number of aromatic nitrogens is 3. The van der Waals surface area contributed by atoms with Gasteiger partial charge in [0.05, 0.1) is 22.8 Å². The minimum atomic E-state index is 0.905. The molecule has 6 rings (SSSR count). The minimum absolute atomic E-state index is 0.905. The number of aryl methyl sites for hydroxylation is 2. The molecule has 30 heavy (non-hydrogen) atoms. The first-order valence-corrected chi connectivity index (χ1v) is 10.5. The highest BCUT2D eigenvalue weighted by molar-refractivity contribution is 5.93. The predicted octanol–water partition coefficient (Wildman–Crippen LogP) is 6.05. The van der Waals surface area contributed by atoms with Crippen LogP contribution in [0.1, 0.15) is 11.1 Å². The first-order valence-electron chi connectivity index (χ1n) is 10.5. The van der Waals surface area contributed by atoms with Crippen LogP contribution >= 0.6 is 0 Å². The van der Waals surface area contributed by atoms with E-state index in [0.717, 1.165) is 24.2 Å². The largest absolute Gasteiger partial charge is 0.342 e. The lowest BCUT2D eigenvalue weighted by atomic mass is 10.0. The van der Waals surface area contributed by atoms with E-state index in [-0.39, 0.29) is 0 Å². The first kappa shape index (κ1) is 17.3. The van der Waals surface area contributed by atoms with Crippen molar-refractivity contribution in [3.63, 3.8) is 0 Å². The molecule has 5 aromatic rings. The molecule has 3 nitrogen and oxygen atoms in total. The zero-order chi connectivity index (χ0) is 20.2. The quantitative estimate of drug-likeness (QED) is 0.295. The molecule has 0 radical (unpaired) electrons. The normalized spacial score (nSPS) is 14.3. The number of pyridine rings is 1. The lowest BCUT2D eigenvalue weighted by molar-refractivity contribution is 0.952. The Balaban J connectivity index is 1.70. The van der Waals surface area contributed by atoms with Gasteiger partial charge in [0.25, 0.3) is 0 Å². The van der Waals surface area contributed by atoms with E-state index in [1.165, 1.54) is 44.3 Å². The third kappa shape index (κ3) is 2.35. The van der Waals surface area contributed by atoms with Crippen LogP contribution in [0.15, 0.2) is 78.9 Å². The van der Waals surface area contributed by atoms with Gasteiger partial charge in [-0.25, -0.2) is 4.98 Å². The van der Waals surface area contributed by atoms with Crippen LogP contribution in [0.4, 0.5) is 0 Å². The Labute approximate surface area is 175 Å². The van der Waals surface area contributed by atoms with Crippen molar-refractivity contribution in [3.05, 3.63) is 90.0 Å². The van der Waals surface area contributed by atoms with Crippen molar-refractivity contribution in [2.75, 3.05) is 0 Å². The fraction of sp³-hybridized carbons (Fsp3) is 0.148. The van der Waals surface area contributed by atoms with Gasteiger partial charge in [-0.2, -0.15) is 0 Å². The molecule has 1 aliphatic rings. The smallest absolute Gasteiger partial charge is 0.0877 e. The van der Waals surface area contributed by atoms with Gasteiger partial charge >= 0.3 is 0 Å². The third-order valence-corrected chi connectivity index (χ3v) is 6.47. The third-order valence-electron chi connectivity index (χ3n) is 6.47. The van der Waals surface area contributed by atoms with Crippen LogP contribution < -0.4 is 0 Å². The van der Waals surface area contributed by atoms with Gasteiger partial charge in [0.2, 0.25) is 0 Å². The Morgan fingerprint density at radius 1 is 0.600 bits per heavy atom. The summed E-state index contributed by atoms with van der Waals surface area (Å²) >= 11 is 0. The second kappa shape index (κ2) is 6.46. The van der Waals surface area contributed by atoms with Gasteiger partial charge in [-0.1, -0.05) is 54.6 Å². The summed E-state index contributed by atoms with van der Waals surface area (Å²) in [5, 5.41) is 2.63. The standard InChI is InChI=1S/C27H23N3/c1-29-24-16-7-5-10-18(24)20-12-3-4-13-21-19-11-6-8-17-25(19)30(2)27(21)23-15-9-14-22(28-23)26(20)29/h3-11,14-17H,12-13H2,1-2H3/b4-3-. The van der Waals surface area contributed by atoms with Gasteiger partial charge in [-0.3, -0.25) is 0 Å². The predicted molar refractivity (Wildman–Crippen MR) is 125 cm³/mol. The number of para-hydroxylation sites is 2. The van der Waals surface area contributed by atoms with E-state index in [9.17, 15) is 0 Å². The van der Waals surface area contributed by atoms with E-state index in [4.69, 9.17) is 4.98 Å². The lowest BCUT2D eigenvalue weighted by Gasteiger charge is -2.10. The summed E-state index contributed by atoms with van der Waals surface area (Å²) in [7, 11) is 4.31. The van der Waals surface area contributed by atoms with Crippen molar-refractivity contribution in [2.24, 2.45) is 14.1 Å². The van der Waals surface area contributed by atoms with Crippen LogP contribution in [0.2, 0.25) is 0 Å². The zero-order valence-corrected chi connectivity index (χ0v) is 17.3. The van der Waals surface area contributed by atoms with Gasteiger partial charge in [0.15, 0.2) is 0 Å². The van der Waals surface area contributed by atoms with E-state index in [0.29, 0.717) is 0 Å². The Morgan fingerprint density at radius 2 is 1.07 bits per heavy atom. The molecular weight excluding hydrogens is 366 g/mol. The van der Waals surface area contributed by atoms with Crippen LogP contribution in [0.3, 0.4) is 0 Å². The highest BCUT2D eigenvalue weighted by Gasteiger charge is 2.21. The number of allylic oxidation sites excluding steroid dienone is 2. The summed E-state index contributed by atoms with van der Waals surface area (Å²) in [6, 6.07) is 23.8. The molecule has 0 fully saturated rings. The maximum atomic E-state index is 5.20. The molecule has 0 amide bonds. The van der Waals surface area contributed by atoms with Crippen molar-refractivity contribution in [1.29, 1.82) is 0 Å².